The summed E-state index contributed by atoms with van der Waals surface area (Å²) in [6, 6.07) is 2.10. The summed E-state index contributed by atoms with van der Waals surface area (Å²) >= 11 is 6.03. The quantitative estimate of drug-likeness (QED) is 0.763. The number of hydrogen-bond donors (Lipinski definition) is 1. The van der Waals surface area contributed by atoms with Crippen LogP contribution in [0.15, 0.2) is 12.3 Å². The maximum atomic E-state index is 6.03. The molecule has 2 N–H and O–H groups in total. The zero-order chi connectivity index (χ0) is 10.3. The lowest BCUT2D eigenvalue weighted by molar-refractivity contribution is 0.551. The summed E-state index contributed by atoms with van der Waals surface area (Å²) in [5.41, 5.74) is 7.91. The highest BCUT2D eigenvalue weighted by Crippen LogP contribution is 2.43. The van der Waals surface area contributed by atoms with Gasteiger partial charge in [-0.1, -0.05) is 11.6 Å². The van der Waals surface area contributed by atoms with Crippen LogP contribution in [-0.4, -0.2) is 4.98 Å². The Bertz CT molecular complexity index is 351. The van der Waals surface area contributed by atoms with Gasteiger partial charge in [0.2, 0.25) is 0 Å². The summed E-state index contributed by atoms with van der Waals surface area (Å²) in [6.07, 6.45) is 4.24. The van der Waals surface area contributed by atoms with E-state index in [2.05, 4.69) is 11.1 Å². The maximum absolute atomic E-state index is 6.03. The molecule has 0 spiro atoms. The number of hydrogen-bond acceptors (Lipinski definition) is 2. The Balaban J connectivity index is 2.40. The molecular formula is C11H15ClN2. The van der Waals surface area contributed by atoms with Crippen LogP contribution in [0.3, 0.4) is 0 Å². The molecule has 0 unspecified atom stereocenters. The van der Waals surface area contributed by atoms with Crippen LogP contribution in [-0.2, 0) is 5.54 Å². The second-order valence-corrected chi connectivity index (χ2v) is 4.96. The van der Waals surface area contributed by atoms with Gasteiger partial charge in [0, 0.05) is 11.7 Å². The van der Waals surface area contributed by atoms with Crippen molar-refractivity contribution in [2.24, 2.45) is 5.73 Å². The molecule has 0 radical (unpaired) electrons. The van der Waals surface area contributed by atoms with Crippen LogP contribution in [0.25, 0.3) is 0 Å². The largest absolute Gasteiger partial charge is 0.322 e. The minimum absolute atomic E-state index is 0.332. The molecule has 76 valence electrons. The topological polar surface area (TPSA) is 38.9 Å². The number of pyridine rings is 1. The zero-order valence-corrected chi connectivity index (χ0v) is 9.30. The predicted octanol–water partition coefficient (Wildman–Crippen LogP) is 2.81. The Hall–Kier alpha value is -0.600. The second-order valence-electron chi connectivity index (χ2n) is 4.60. The van der Waals surface area contributed by atoms with Crippen molar-refractivity contribution in [2.75, 3.05) is 0 Å². The predicted molar refractivity (Wildman–Crippen MR) is 58.4 cm³/mol. The molecule has 1 saturated carbocycles. The number of nitrogens with zero attached hydrogens (tertiary/aromatic N) is 1. The van der Waals surface area contributed by atoms with E-state index < -0.39 is 0 Å². The molecule has 2 rings (SSSR count). The fourth-order valence-electron chi connectivity index (χ4n) is 1.50. The number of rotatable bonds is 2. The summed E-state index contributed by atoms with van der Waals surface area (Å²) in [6.45, 7) is 3.96. The van der Waals surface area contributed by atoms with E-state index in [4.69, 9.17) is 17.3 Å². The molecule has 2 nitrogen and oxygen atoms in total. The Morgan fingerprint density at radius 3 is 2.64 bits per heavy atom. The van der Waals surface area contributed by atoms with E-state index in [9.17, 15) is 0 Å². The van der Waals surface area contributed by atoms with Crippen molar-refractivity contribution < 1.29 is 0 Å². The molecule has 1 heterocycles. The first-order chi connectivity index (χ1) is 6.48. The van der Waals surface area contributed by atoms with Gasteiger partial charge in [0.05, 0.1) is 0 Å². The molecular weight excluding hydrogens is 196 g/mol. The van der Waals surface area contributed by atoms with Crippen molar-refractivity contribution in [3.8, 4) is 0 Å². The van der Waals surface area contributed by atoms with Gasteiger partial charge in [-0.05, 0) is 49.8 Å². The first-order valence-corrected chi connectivity index (χ1v) is 5.31. The van der Waals surface area contributed by atoms with Gasteiger partial charge in [0.15, 0.2) is 0 Å². The third-order valence-electron chi connectivity index (χ3n) is 2.63. The molecule has 0 atom stereocenters. The van der Waals surface area contributed by atoms with Gasteiger partial charge in [-0.25, -0.2) is 4.98 Å². The van der Waals surface area contributed by atoms with E-state index in [1.54, 1.807) is 6.20 Å². The van der Waals surface area contributed by atoms with Gasteiger partial charge in [0.1, 0.15) is 5.15 Å². The monoisotopic (exact) mass is 210 g/mol. The van der Waals surface area contributed by atoms with Gasteiger partial charge >= 0.3 is 0 Å². The first-order valence-electron chi connectivity index (χ1n) is 4.93. The molecule has 14 heavy (non-hydrogen) atoms. The van der Waals surface area contributed by atoms with Crippen LogP contribution in [0.2, 0.25) is 5.15 Å². The molecule has 1 aliphatic rings. The van der Waals surface area contributed by atoms with E-state index in [1.165, 1.54) is 18.4 Å². The molecule has 0 aliphatic heterocycles. The lowest BCUT2D eigenvalue weighted by Gasteiger charge is -2.19. The highest BCUT2D eigenvalue weighted by molar-refractivity contribution is 6.30. The van der Waals surface area contributed by atoms with Crippen molar-refractivity contribution in [3.05, 3.63) is 28.5 Å². The summed E-state index contributed by atoms with van der Waals surface area (Å²) in [7, 11) is 0. The molecule has 0 aromatic carbocycles. The molecule has 0 saturated heterocycles. The smallest absolute Gasteiger partial charge is 0.132 e. The van der Waals surface area contributed by atoms with Crippen molar-refractivity contribution in [3.63, 3.8) is 0 Å². The molecule has 1 aromatic rings. The molecule has 0 amide bonds. The summed E-state index contributed by atoms with van der Waals surface area (Å²) in [5, 5.41) is 0.639. The van der Waals surface area contributed by atoms with Gasteiger partial charge in [-0.3, -0.25) is 0 Å². The fraction of sp³-hybridized carbons (Fsp3) is 0.545. The summed E-state index contributed by atoms with van der Waals surface area (Å²) in [4.78, 5) is 4.19. The third kappa shape index (κ3) is 1.91. The Labute approximate surface area is 89.5 Å². The minimum atomic E-state index is -0.332. The van der Waals surface area contributed by atoms with Crippen molar-refractivity contribution >= 4 is 11.6 Å². The number of halogens is 1. The van der Waals surface area contributed by atoms with Crippen molar-refractivity contribution in [1.29, 1.82) is 0 Å². The Kier molecular flexibility index (Phi) is 2.28. The highest BCUT2D eigenvalue weighted by Gasteiger charge is 2.28. The molecule has 0 bridgehead atoms. The van der Waals surface area contributed by atoms with Crippen LogP contribution in [0.4, 0.5) is 0 Å². The molecule has 1 aliphatic carbocycles. The van der Waals surface area contributed by atoms with Crippen LogP contribution >= 0.6 is 11.6 Å². The Morgan fingerprint density at radius 2 is 2.14 bits per heavy atom. The molecule has 1 aromatic heterocycles. The van der Waals surface area contributed by atoms with E-state index in [0.717, 1.165) is 5.56 Å². The standard InChI is InChI=1S/C11H15ClN2/c1-11(2,13)8-5-9(7-3-4-7)10(12)14-6-8/h5-7H,3-4,13H2,1-2H3. The van der Waals surface area contributed by atoms with Crippen molar-refractivity contribution in [2.45, 2.75) is 38.1 Å². The second kappa shape index (κ2) is 3.21. The van der Waals surface area contributed by atoms with E-state index in [1.807, 2.05) is 13.8 Å². The highest BCUT2D eigenvalue weighted by atomic mass is 35.5. The van der Waals surface area contributed by atoms with Gasteiger partial charge < -0.3 is 5.73 Å². The SMILES string of the molecule is CC(C)(N)c1cnc(Cl)c(C2CC2)c1. The van der Waals surface area contributed by atoms with Gasteiger partial charge in [0.25, 0.3) is 0 Å². The van der Waals surface area contributed by atoms with Crippen molar-refractivity contribution in [1.82, 2.24) is 4.98 Å². The zero-order valence-electron chi connectivity index (χ0n) is 8.55. The average Bonchev–Trinajstić information content (AvgIpc) is 2.85. The minimum Gasteiger partial charge on any atom is -0.322 e. The van der Waals surface area contributed by atoms with E-state index >= 15 is 0 Å². The number of nitrogens with two attached hydrogens (primary N) is 1. The van der Waals surface area contributed by atoms with Crippen LogP contribution < -0.4 is 5.73 Å². The number of aromatic nitrogens is 1. The lowest BCUT2D eigenvalue weighted by Crippen LogP contribution is -2.28. The van der Waals surface area contributed by atoms with Crippen LogP contribution in [0.1, 0.15) is 43.7 Å². The Morgan fingerprint density at radius 1 is 1.50 bits per heavy atom. The summed E-state index contributed by atoms with van der Waals surface area (Å²) in [5.74, 6) is 0.622. The van der Waals surface area contributed by atoms with Crippen LogP contribution in [0.5, 0.6) is 0 Å². The van der Waals surface area contributed by atoms with E-state index in [-0.39, 0.29) is 5.54 Å². The maximum Gasteiger partial charge on any atom is 0.132 e. The lowest BCUT2D eigenvalue weighted by atomic mass is 9.95. The normalized spacial score (nSPS) is 17.1. The third-order valence-corrected chi connectivity index (χ3v) is 2.94. The summed E-state index contributed by atoms with van der Waals surface area (Å²) < 4.78 is 0. The van der Waals surface area contributed by atoms with Gasteiger partial charge in [-0.2, -0.15) is 0 Å². The van der Waals surface area contributed by atoms with Crippen LogP contribution in [0, 0.1) is 0 Å². The average molecular weight is 211 g/mol. The molecule has 3 heteroatoms. The van der Waals surface area contributed by atoms with E-state index in [0.29, 0.717) is 11.1 Å². The fourth-order valence-corrected chi connectivity index (χ4v) is 1.76. The van der Waals surface area contributed by atoms with Gasteiger partial charge in [-0.15, -0.1) is 0 Å². The molecule has 1 fully saturated rings. The first kappa shape index (κ1) is 9.94.